The van der Waals surface area contributed by atoms with Crippen molar-refractivity contribution >= 4 is 85.6 Å². The van der Waals surface area contributed by atoms with E-state index in [1.54, 1.807) is 45.7 Å². The molecule has 5 aromatic rings. The summed E-state index contributed by atoms with van der Waals surface area (Å²) in [6.45, 7) is 12.1. The minimum Gasteiger partial charge on any atom is -0.494 e. The summed E-state index contributed by atoms with van der Waals surface area (Å²) in [7, 11) is 0.537. The molecule has 3 aliphatic rings. The highest BCUT2D eigenvalue weighted by molar-refractivity contribution is 9.10. The third-order valence-corrected chi connectivity index (χ3v) is 15.7. The molecule has 13 nitrogen and oxygen atoms in total. The number of likely N-dealkylation sites (N-methyl/N-ethyl adjacent to an activating group) is 1. The van der Waals surface area contributed by atoms with Gasteiger partial charge in [-0.05, 0) is 135 Å². The second-order valence-electron chi connectivity index (χ2n) is 18.2. The lowest BCUT2D eigenvalue weighted by molar-refractivity contribution is -0.134. The minimum absolute atomic E-state index is 0.0487. The van der Waals surface area contributed by atoms with Crippen LogP contribution in [0.15, 0.2) is 53.1 Å². The number of halogens is 4. The van der Waals surface area contributed by atoms with Crippen molar-refractivity contribution in [1.29, 1.82) is 0 Å². The number of carbonyl (C=O) groups is 2. The summed E-state index contributed by atoms with van der Waals surface area (Å²) in [6.07, 6.45) is 6.87. The van der Waals surface area contributed by atoms with E-state index in [2.05, 4.69) is 70.7 Å². The number of aryl methyl sites for hydroxylation is 2. The number of piperidine rings is 3. The van der Waals surface area contributed by atoms with Crippen LogP contribution in [0, 0.1) is 29.8 Å². The second-order valence-corrected chi connectivity index (χ2v) is 22.2. The molecule has 18 heteroatoms. The summed E-state index contributed by atoms with van der Waals surface area (Å²) in [5.41, 5.74) is 4.76. The number of hydrogen-bond donors (Lipinski definition) is 3. The van der Waals surface area contributed by atoms with E-state index in [0.717, 1.165) is 76.1 Å². The number of carbonyl (C=O) groups excluding carboxylic acids is 2. The van der Waals surface area contributed by atoms with Crippen LogP contribution < -0.4 is 35.8 Å². The van der Waals surface area contributed by atoms with Crippen molar-refractivity contribution in [3.05, 3.63) is 87.4 Å². The summed E-state index contributed by atoms with van der Waals surface area (Å²) in [5, 5.41) is 9.84. The molecule has 3 N–H and O–H groups in total. The van der Waals surface area contributed by atoms with Gasteiger partial charge in [-0.2, -0.15) is 4.98 Å². The van der Waals surface area contributed by atoms with Crippen LogP contribution in [0.5, 0.6) is 5.75 Å². The van der Waals surface area contributed by atoms with Crippen molar-refractivity contribution < 1.29 is 32.1 Å². The molecule has 8 rings (SSSR count). The summed E-state index contributed by atoms with van der Waals surface area (Å²) >= 11 is 3.56. The Hall–Kier alpha value is -5.25. The number of rotatable bonds is 13. The number of benzene rings is 3. The minimum atomic E-state index is -2.93. The van der Waals surface area contributed by atoms with Crippen molar-refractivity contribution in [2.45, 2.75) is 64.7 Å². The Labute approximate surface area is 391 Å². The smallest absolute Gasteiger partial charge is 0.234 e. The maximum absolute atomic E-state index is 15.2. The first-order valence-electron chi connectivity index (χ1n) is 22.4. The molecule has 0 radical (unpaired) electrons. The number of imide groups is 1. The molecule has 0 aliphatic carbocycles. The van der Waals surface area contributed by atoms with E-state index < -0.39 is 42.3 Å². The molecule has 3 aliphatic heterocycles. The first-order valence-corrected chi connectivity index (χ1v) is 25.8. The van der Waals surface area contributed by atoms with Crippen LogP contribution in [-0.2, 0) is 20.6 Å². The van der Waals surface area contributed by atoms with E-state index in [4.69, 9.17) is 9.72 Å². The average molecular weight is 991 g/mol. The number of fused-ring (bicyclic) bond motifs is 1. The molecular formula is C48H56BrF3N9O4P. The third kappa shape index (κ3) is 9.89. The molecule has 5 heterocycles. The molecule has 0 unspecified atom stereocenters. The molecule has 66 heavy (non-hydrogen) atoms. The van der Waals surface area contributed by atoms with Crippen LogP contribution in [-0.4, -0.2) is 98.4 Å². The Morgan fingerprint density at radius 2 is 1.65 bits per heavy atom. The number of hydrogen-bond acceptors (Lipinski definition) is 12. The first-order chi connectivity index (χ1) is 31.4. The maximum Gasteiger partial charge on any atom is 0.234 e. The molecular weight excluding hydrogens is 934 g/mol. The first kappa shape index (κ1) is 47.3. The lowest BCUT2D eigenvalue weighted by Gasteiger charge is -2.48. The monoisotopic (exact) mass is 989 g/mol. The van der Waals surface area contributed by atoms with Crippen molar-refractivity contribution in [2.24, 2.45) is 5.41 Å². The van der Waals surface area contributed by atoms with Gasteiger partial charge in [-0.3, -0.25) is 19.9 Å². The largest absolute Gasteiger partial charge is 0.494 e. The molecule has 3 fully saturated rings. The van der Waals surface area contributed by atoms with Gasteiger partial charge < -0.3 is 34.6 Å². The summed E-state index contributed by atoms with van der Waals surface area (Å²) in [5.74, 6) is -2.74. The van der Waals surface area contributed by atoms with Crippen LogP contribution >= 0.6 is 23.1 Å². The SMILES string of the molecule is CCc1cc(Nc2ncc(Br)c(Nc3ccc4nc(C)c(F)cc4c3P(C)(C)=O)n2)c(OC)cc1N1CCC2(CCN(CCN(C)c3cc(F)c([C@H]4CCC(=O)NC4=O)c(F)c3)CC2)CC1. The van der Waals surface area contributed by atoms with Crippen LogP contribution in [0.3, 0.4) is 0 Å². The maximum atomic E-state index is 15.2. The van der Waals surface area contributed by atoms with E-state index >= 15 is 8.78 Å². The zero-order valence-corrected chi connectivity index (χ0v) is 40.6. The van der Waals surface area contributed by atoms with Gasteiger partial charge >= 0.3 is 0 Å². The molecule has 350 valence electrons. The van der Waals surface area contributed by atoms with Crippen molar-refractivity contribution in [3.8, 4) is 5.75 Å². The van der Waals surface area contributed by atoms with Crippen molar-refractivity contribution in [1.82, 2.24) is 25.2 Å². The predicted octanol–water partition coefficient (Wildman–Crippen LogP) is 9.16. The zero-order valence-electron chi connectivity index (χ0n) is 38.2. The standard InChI is InChI=1S/C48H56BrF3N9O4P/c1-7-29-22-39(56-47-53-27-33(49)45(58-47)55-38-10-9-37-32(44(38)66(5,6)64)25-34(50)28(2)54-37)41(65-4)26-40(29)61-18-14-48(15-19-61)12-16-60(17-13-48)21-20-59(3)30-23-35(51)43(36(52)24-30)31-8-11-42(62)57-46(31)63/h9-10,22-27,31H,7-8,11-21H2,1-6H3,(H,57,62,63)(H2,53,55,56,58)/t31-/m1/s1. The van der Waals surface area contributed by atoms with E-state index in [1.807, 2.05) is 11.9 Å². The van der Waals surface area contributed by atoms with E-state index in [9.17, 15) is 18.5 Å². The highest BCUT2D eigenvalue weighted by Gasteiger charge is 2.38. The fourth-order valence-electron chi connectivity index (χ4n) is 9.69. The van der Waals surface area contributed by atoms with E-state index in [1.165, 1.54) is 18.2 Å². The molecule has 1 atom stereocenters. The fourth-order valence-corrected chi connectivity index (χ4v) is 11.5. The molecule has 0 saturated carbocycles. The Morgan fingerprint density at radius 1 is 0.955 bits per heavy atom. The quantitative estimate of drug-likeness (QED) is 0.0765. The van der Waals surface area contributed by atoms with Crippen LogP contribution in [0.2, 0.25) is 0 Å². The van der Waals surface area contributed by atoms with E-state index in [-0.39, 0.29) is 29.5 Å². The zero-order chi connectivity index (χ0) is 47.1. The molecule has 3 saturated heterocycles. The number of likely N-dealkylation sites (tertiary alicyclic amines) is 1. The molecule has 0 bridgehead atoms. The lowest BCUT2D eigenvalue weighted by Crippen LogP contribution is -2.48. The normalized spacial score (nSPS) is 17.8. The summed E-state index contributed by atoms with van der Waals surface area (Å²) in [6, 6.07) is 11.7. The molecule has 1 spiro atoms. The van der Waals surface area contributed by atoms with Crippen LogP contribution in [0.25, 0.3) is 10.9 Å². The van der Waals surface area contributed by atoms with E-state index in [0.29, 0.717) is 61.8 Å². The van der Waals surface area contributed by atoms with Gasteiger partial charge in [0.05, 0.1) is 40.1 Å². The van der Waals surface area contributed by atoms with Gasteiger partial charge in [0.1, 0.15) is 36.2 Å². The number of nitrogens with one attached hydrogen (secondary N) is 3. The van der Waals surface area contributed by atoms with Crippen LogP contribution in [0.4, 0.5) is 47.7 Å². The number of pyridine rings is 1. The highest BCUT2D eigenvalue weighted by atomic mass is 79.9. The summed E-state index contributed by atoms with van der Waals surface area (Å²) in [4.78, 5) is 44.3. The predicted molar refractivity (Wildman–Crippen MR) is 259 cm³/mol. The van der Waals surface area contributed by atoms with Gasteiger partial charge in [0, 0.05) is 79.5 Å². The van der Waals surface area contributed by atoms with Gasteiger partial charge in [0.15, 0.2) is 0 Å². The van der Waals surface area contributed by atoms with Gasteiger partial charge in [-0.25, -0.2) is 18.2 Å². The third-order valence-electron chi connectivity index (χ3n) is 13.6. The Balaban J connectivity index is 0.887. The molecule has 2 amide bonds. The van der Waals surface area contributed by atoms with Gasteiger partial charge in [-0.1, -0.05) is 6.92 Å². The van der Waals surface area contributed by atoms with Crippen molar-refractivity contribution in [3.63, 3.8) is 0 Å². The molecule has 2 aromatic heterocycles. The number of aromatic nitrogens is 3. The van der Waals surface area contributed by atoms with Gasteiger partial charge in [0.25, 0.3) is 0 Å². The van der Waals surface area contributed by atoms with Crippen molar-refractivity contribution in [2.75, 3.05) is 87.2 Å². The number of amides is 2. The molecule has 3 aromatic carbocycles. The number of ether oxygens (including phenoxy) is 1. The fraction of sp³-hybridized carbons (Fsp3) is 0.438. The Kier molecular flexibility index (Phi) is 13.7. The second kappa shape index (κ2) is 19.2. The highest BCUT2D eigenvalue weighted by Crippen LogP contribution is 2.45. The Morgan fingerprint density at radius 3 is 2.30 bits per heavy atom. The number of anilines is 6. The topological polar surface area (TPSA) is 145 Å². The van der Waals surface area contributed by atoms with Crippen LogP contribution in [0.1, 0.15) is 68.2 Å². The lowest BCUT2D eigenvalue weighted by atomic mass is 9.71. The number of nitrogens with zero attached hydrogens (tertiary/aromatic N) is 6. The number of methoxy groups -OCH3 is 1. The average Bonchev–Trinajstić information content (AvgIpc) is 3.28. The van der Waals surface area contributed by atoms with Gasteiger partial charge in [0.2, 0.25) is 17.8 Å². The van der Waals surface area contributed by atoms with Gasteiger partial charge in [-0.15, -0.1) is 0 Å². The Bertz CT molecular complexity index is 2720. The summed E-state index contributed by atoms with van der Waals surface area (Å²) < 4.78 is 65.3.